The van der Waals surface area contributed by atoms with Crippen molar-refractivity contribution in [2.24, 2.45) is 0 Å². The van der Waals surface area contributed by atoms with Crippen LogP contribution in [-0.4, -0.2) is 190 Å². The summed E-state index contributed by atoms with van der Waals surface area (Å²) in [7, 11) is 0. The van der Waals surface area contributed by atoms with E-state index in [4.69, 9.17) is 33.1 Å². The number of nitrogens with one attached hydrogen (secondary N) is 5. The summed E-state index contributed by atoms with van der Waals surface area (Å²) in [6.07, 6.45) is 31.4. The molecular formula is C110H117N21O6. The minimum Gasteiger partial charge on any atom is -0.472 e. The fraction of sp³-hybridized carbons (Fsp3) is 0.245. The number of nitrogens with two attached hydrogens (primary N) is 5. The number of ketones is 5. The van der Waals surface area contributed by atoms with Gasteiger partial charge >= 0.3 is 0 Å². The van der Waals surface area contributed by atoms with E-state index in [1.807, 2.05) is 194 Å². The molecule has 15 N–H and O–H groups in total. The Hall–Kier alpha value is -15.4. The molecule has 0 radical (unpaired) electrons. The summed E-state index contributed by atoms with van der Waals surface area (Å²) in [6.45, 7) is 19.3. The molecule has 27 heteroatoms. The number of nitrogens with zero attached hydrogens (tertiary/aromatic N) is 11. The number of benzene rings is 6. The van der Waals surface area contributed by atoms with Gasteiger partial charge in [-0.15, -0.1) is 0 Å². The smallest absolute Gasteiger partial charge is 0.185 e. The lowest BCUT2D eigenvalue weighted by Crippen LogP contribution is -2.43. The summed E-state index contributed by atoms with van der Waals surface area (Å²) < 4.78 is 5.13. The van der Waals surface area contributed by atoms with E-state index in [1.165, 1.54) is 11.1 Å². The second-order valence-electron chi connectivity index (χ2n) is 34.5. The number of nitrogen functional groups attached to an aromatic ring is 5. The first-order chi connectivity index (χ1) is 67.0. The summed E-state index contributed by atoms with van der Waals surface area (Å²) in [5.41, 5.74) is 56.4. The number of hydrogen-bond acceptors (Lipinski definition) is 27. The highest BCUT2D eigenvalue weighted by molar-refractivity contribution is 6.00. The molecule has 5 saturated heterocycles. The van der Waals surface area contributed by atoms with Crippen molar-refractivity contribution in [2.75, 3.05) is 184 Å². The lowest BCUT2D eigenvalue weighted by Gasteiger charge is -2.29. The van der Waals surface area contributed by atoms with Crippen molar-refractivity contribution in [3.05, 3.63) is 360 Å². The van der Waals surface area contributed by atoms with Gasteiger partial charge in [-0.25, -0.2) is 0 Å². The van der Waals surface area contributed by atoms with E-state index in [2.05, 4.69) is 117 Å². The number of aromatic nitrogens is 6. The van der Waals surface area contributed by atoms with E-state index in [-0.39, 0.29) is 61.0 Å². The lowest BCUT2D eigenvalue weighted by molar-refractivity contribution is 0.0980. The van der Waals surface area contributed by atoms with Gasteiger partial charge in [-0.1, -0.05) is 97.1 Å². The predicted octanol–water partition coefficient (Wildman–Crippen LogP) is 14.2. The van der Waals surface area contributed by atoms with Gasteiger partial charge in [0, 0.05) is 209 Å². The quantitative estimate of drug-likeness (QED) is 0.0188. The minimum absolute atomic E-state index is 0.00997. The molecule has 13 aromatic rings. The third kappa shape index (κ3) is 25.8. The molecule has 12 heterocycles. The highest BCUT2D eigenvalue weighted by Crippen LogP contribution is 2.33. The van der Waals surface area contributed by atoms with Crippen molar-refractivity contribution in [3.8, 4) is 33.4 Å². The Kier molecular flexibility index (Phi) is 32.5. The lowest BCUT2D eigenvalue weighted by atomic mass is 9.98. The van der Waals surface area contributed by atoms with Gasteiger partial charge in [-0.05, 0) is 230 Å². The van der Waals surface area contributed by atoms with Crippen LogP contribution in [-0.2, 0) is 32.1 Å². The Balaban J connectivity index is 0.000000124. The first kappa shape index (κ1) is 94.8. The first-order valence-electron chi connectivity index (χ1n) is 46.9. The summed E-state index contributed by atoms with van der Waals surface area (Å²) in [5, 5.41) is 16.7. The highest BCUT2D eigenvalue weighted by Gasteiger charge is 2.24. The van der Waals surface area contributed by atoms with E-state index in [1.54, 1.807) is 62.0 Å². The zero-order valence-electron chi connectivity index (χ0n) is 77.1. The molecule has 0 spiro atoms. The van der Waals surface area contributed by atoms with Crippen LogP contribution in [0.1, 0.15) is 104 Å². The van der Waals surface area contributed by atoms with E-state index >= 15 is 0 Å². The van der Waals surface area contributed by atoms with Gasteiger partial charge in [0.25, 0.3) is 0 Å². The Labute approximate surface area is 799 Å². The van der Waals surface area contributed by atoms with Crippen LogP contribution in [0, 0.1) is 0 Å². The average molecular weight is 1830 g/mol. The number of carbonyl (C=O) groups excluding carboxylic acids is 5. The largest absolute Gasteiger partial charge is 0.472 e. The van der Waals surface area contributed by atoms with Crippen molar-refractivity contribution < 1.29 is 28.4 Å². The molecule has 0 amide bonds. The van der Waals surface area contributed by atoms with Crippen LogP contribution in [0.4, 0.5) is 56.9 Å². The van der Waals surface area contributed by atoms with Gasteiger partial charge in [-0.3, -0.25) is 53.9 Å². The predicted molar refractivity (Wildman–Crippen MR) is 551 cm³/mol. The summed E-state index contributed by atoms with van der Waals surface area (Å²) >= 11 is 0. The molecule has 2 aliphatic carbocycles. The fourth-order valence-electron chi connectivity index (χ4n) is 17.3. The topological polar surface area (TPSA) is 382 Å². The van der Waals surface area contributed by atoms with Crippen molar-refractivity contribution >= 4 is 96.9 Å². The van der Waals surface area contributed by atoms with E-state index < -0.39 is 0 Å². The van der Waals surface area contributed by atoms with Crippen LogP contribution in [0.3, 0.4) is 0 Å². The summed E-state index contributed by atoms with van der Waals surface area (Å²) in [5.74, 6) is -0.124. The van der Waals surface area contributed by atoms with Crippen LogP contribution in [0.2, 0.25) is 0 Å². The maximum atomic E-state index is 12.8. The molecule has 20 rings (SSSR count). The normalized spacial score (nSPS) is 15.1. The maximum Gasteiger partial charge on any atom is 0.185 e. The standard InChI is InChI=1S/C23H24N4O.C22H23N5O.2C22H24N4O.C21H22N4O2/c24-21-8-6-18(17-4-2-1-3-5-17)14-19(21)15-23(28)22-9-7-20(16-26-22)27-12-10-25-11-13-27;23-20-3-1-17(16-5-7-24-8-6-16)13-18(20)14-22(28)21-4-2-19(15-26-21)27-11-9-25-10-12-27;2*23-20-7-5-17(16-3-1-2-4-16)13-18(20)14-22(27)21-8-6-19(15-25-21)26-11-9-24-10-12-26;22-19-3-1-15(16-5-10-27-14-16)11-17(19)12-21(26)20-4-2-18(13-24-20)25-8-6-23-7-9-25/h1-9,14,16,25H,10-13,15,24H2;1-8,13,15,25H,9-12,14,23H2;2*1-3,5-8,13,15,24H,4,9-12,14,23H2;1-5,10-11,13-14,23H,6-9,12,22H2. The summed E-state index contributed by atoms with van der Waals surface area (Å²) in [6, 6.07) is 64.0. The number of piperazine rings is 5. The van der Waals surface area contributed by atoms with Crippen LogP contribution < -0.4 is 79.8 Å². The van der Waals surface area contributed by atoms with Gasteiger partial charge in [0.1, 0.15) is 28.5 Å². The number of allylic oxidation sites excluding steroid dienone is 8. The Morgan fingerprint density at radius 2 is 0.547 bits per heavy atom. The zero-order chi connectivity index (χ0) is 94.6. The number of rotatable bonds is 25. The second kappa shape index (κ2) is 47.0. The van der Waals surface area contributed by atoms with Crippen LogP contribution in [0.25, 0.3) is 44.5 Å². The van der Waals surface area contributed by atoms with E-state index in [9.17, 15) is 24.0 Å². The van der Waals surface area contributed by atoms with Gasteiger partial charge in [0.05, 0.1) is 71.9 Å². The average Bonchev–Trinajstić information content (AvgIpc) is 1.70. The molecule has 698 valence electrons. The fourth-order valence-corrected chi connectivity index (χ4v) is 17.3. The maximum absolute atomic E-state index is 12.8. The molecular weight excluding hydrogens is 1710 g/mol. The van der Waals surface area contributed by atoms with Gasteiger partial charge in [0.15, 0.2) is 28.9 Å². The van der Waals surface area contributed by atoms with Gasteiger partial charge < -0.3 is 84.2 Å². The Morgan fingerprint density at radius 1 is 0.285 bits per heavy atom. The first-order valence-corrected chi connectivity index (χ1v) is 46.9. The van der Waals surface area contributed by atoms with Crippen LogP contribution >= 0.6 is 0 Å². The van der Waals surface area contributed by atoms with Crippen molar-refractivity contribution in [2.45, 2.75) is 44.9 Å². The molecule has 0 bridgehead atoms. The molecule has 7 aliphatic rings. The zero-order valence-corrected chi connectivity index (χ0v) is 77.1. The Morgan fingerprint density at radius 3 is 0.796 bits per heavy atom. The van der Waals surface area contributed by atoms with E-state index in [0.717, 1.165) is 244 Å². The monoisotopic (exact) mass is 1830 g/mol. The summed E-state index contributed by atoms with van der Waals surface area (Å²) in [4.78, 5) is 101. The molecule has 0 saturated carbocycles. The Bertz CT molecular complexity index is 6090. The molecule has 6 aromatic carbocycles. The van der Waals surface area contributed by atoms with Crippen molar-refractivity contribution in [3.63, 3.8) is 0 Å². The number of hydrogen-bond donors (Lipinski definition) is 10. The molecule has 5 fully saturated rings. The second-order valence-corrected chi connectivity index (χ2v) is 34.5. The van der Waals surface area contributed by atoms with Crippen molar-refractivity contribution in [1.29, 1.82) is 0 Å². The number of carbonyl (C=O) groups is 5. The third-order valence-corrected chi connectivity index (χ3v) is 25.3. The van der Waals surface area contributed by atoms with Gasteiger partial charge in [-0.2, -0.15) is 0 Å². The third-order valence-electron chi connectivity index (χ3n) is 25.3. The number of furan rings is 1. The van der Waals surface area contributed by atoms with Crippen LogP contribution in [0.5, 0.6) is 0 Å². The molecule has 5 aliphatic heterocycles. The minimum atomic E-state index is -0.0436. The van der Waals surface area contributed by atoms with Gasteiger partial charge in [0.2, 0.25) is 0 Å². The number of Topliss-reactive ketones (excluding diaryl/α,β-unsaturated/α-hetero) is 5. The molecule has 27 nitrogen and oxygen atoms in total. The molecule has 137 heavy (non-hydrogen) atoms. The van der Waals surface area contributed by atoms with Crippen molar-refractivity contribution in [1.82, 2.24) is 56.5 Å². The SMILES string of the molecule is Nc1ccc(-c2ccccc2)cc1CC(=O)c1ccc(N2CCNCC2)cn1.Nc1ccc(-c2ccncc2)cc1CC(=O)c1ccc(N2CCNCC2)cn1.Nc1ccc(-c2ccoc2)cc1CC(=O)c1ccc(N2CCNCC2)cn1.Nc1ccc(C2=CC=CC2)cc1CC(=O)c1ccc(N2CCNCC2)cn1.Nc1ccc(C2=CC=CC2)cc1CC(=O)c1ccc(N2CCNCC2)cn1. The molecule has 0 unspecified atom stereocenters. The highest BCUT2D eigenvalue weighted by atomic mass is 16.3. The number of pyridine rings is 6. The van der Waals surface area contributed by atoms with Crippen LogP contribution in [0.15, 0.2) is 297 Å². The number of anilines is 10. The molecule has 7 aromatic heterocycles. The molecule has 0 atom stereocenters. The van der Waals surface area contributed by atoms with E-state index in [0.29, 0.717) is 56.9 Å².